The fourth-order valence-electron chi connectivity index (χ4n) is 1.46. The zero-order valence-corrected chi connectivity index (χ0v) is 9.86. The van der Waals surface area contributed by atoms with Crippen LogP contribution >= 0.6 is 0 Å². The smallest absolute Gasteiger partial charge is 0.228 e. The number of nitrogens with two attached hydrogens (primary N) is 1. The molecule has 1 amide bonds. The average molecular weight is 224 g/mol. The van der Waals surface area contributed by atoms with Crippen molar-refractivity contribution in [2.75, 3.05) is 5.32 Å². The van der Waals surface area contributed by atoms with Crippen LogP contribution in [0.25, 0.3) is 0 Å². The van der Waals surface area contributed by atoms with Crippen LogP contribution < -0.4 is 11.1 Å². The Labute approximate surface area is 95.8 Å². The van der Waals surface area contributed by atoms with E-state index in [-0.39, 0.29) is 17.9 Å². The third kappa shape index (κ3) is 4.44. The van der Waals surface area contributed by atoms with Gasteiger partial charge in [-0.3, -0.25) is 9.89 Å². The lowest BCUT2D eigenvalue weighted by Crippen LogP contribution is -2.21. The highest BCUT2D eigenvalue weighted by molar-refractivity contribution is 5.91. The highest BCUT2D eigenvalue weighted by atomic mass is 16.1. The summed E-state index contributed by atoms with van der Waals surface area (Å²) < 4.78 is 0. The van der Waals surface area contributed by atoms with Gasteiger partial charge in [-0.05, 0) is 19.8 Å². The minimum atomic E-state index is 0.00190. The van der Waals surface area contributed by atoms with Crippen LogP contribution in [0, 0.1) is 5.92 Å². The van der Waals surface area contributed by atoms with Gasteiger partial charge in [-0.15, -0.1) is 0 Å². The maximum absolute atomic E-state index is 11.7. The van der Waals surface area contributed by atoms with Gasteiger partial charge in [-0.25, -0.2) is 0 Å². The van der Waals surface area contributed by atoms with Gasteiger partial charge in [0.25, 0.3) is 0 Å². The van der Waals surface area contributed by atoms with Gasteiger partial charge >= 0.3 is 0 Å². The highest BCUT2D eigenvalue weighted by Crippen LogP contribution is 2.11. The number of carbonyl (C=O) groups is 1. The number of nitrogens with zero attached hydrogens (tertiary/aromatic N) is 1. The normalized spacial score (nSPS) is 14.4. The fraction of sp³-hybridized carbons (Fsp3) is 0.636. The zero-order valence-electron chi connectivity index (χ0n) is 9.86. The molecule has 90 valence electrons. The van der Waals surface area contributed by atoms with Crippen molar-refractivity contribution in [1.82, 2.24) is 10.2 Å². The van der Waals surface area contributed by atoms with Crippen molar-refractivity contribution in [3.63, 3.8) is 0 Å². The summed E-state index contributed by atoms with van der Waals surface area (Å²) in [4.78, 5) is 11.7. The first-order chi connectivity index (χ1) is 7.59. The molecule has 2 atom stereocenters. The van der Waals surface area contributed by atoms with Gasteiger partial charge in [0, 0.05) is 18.0 Å². The largest absolute Gasteiger partial charge is 0.328 e. The van der Waals surface area contributed by atoms with Gasteiger partial charge in [-0.1, -0.05) is 13.3 Å². The topological polar surface area (TPSA) is 83.8 Å². The monoisotopic (exact) mass is 224 g/mol. The number of hydrogen-bond acceptors (Lipinski definition) is 3. The predicted molar refractivity (Wildman–Crippen MR) is 63.9 cm³/mol. The molecule has 5 nitrogen and oxygen atoms in total. The van der Waals surface area contributed by atoms with E-state index in [1.807, 2.05) is 13.8 Å². The Morgan fingerprint density at radius 2 is 2.31 bits per heavy atom. The van der Waals surface area contributed by atoms with Gasteiger partial charge in [-0.2, -0.15) is 5.10 Å². The van der Waals surface area contributed by atoms with E-state index >= 15 is 0 Å². The fourth-order valence-corrected chi connectivity index (χ4v) is 1.46. The second-order valence-electron chi connectivity index (χ2n) is 4.27. The maximum atomic E-state index is 11.7. The lowest BCUT2D eigenvalue weighted by molar-refractivity contribution is -0.119. The molecule has 4 N–H and O–H groups in total. The van der Waals surface area contributed by atoms with Crippen LogP contribution in [-0.2, 0) is 4.79 Å². The lowest BCUT2D eigenvalue weighted by Gasteiger charge is -2.11. The SMILES string of the molecule is CC(N)CCCC(C)C(=O)Nc1ccn[nH]1. The zero-order chi connectivity index (χ0) is 12.0. The van der Waals surface area contributed by atoms with Crippen LogP contribution in [0.1, 0.15) is 33.1 Å². The molecule has 0 fully saturated rings. The van der Waals surface area contributed by atoms with E-state index in [9.17, 15) is 4.79 Å². The van der Waals surface area contributed by atoms with E-state index in [1.165, 1.54) is 0 Å². The molecule has 0 aliphatic heterocycles. The molecular formula is C11H20N4O. The van der Waals surface area contributed by atoms with E-state index in [0.29, 0.717) is 5.82 Å². The first-order valence-electron chi connectivity index (χ1n) is 5.65. The second kappa shape index (κ2) is 6.27. The first kappa shape index (κ1) is 12.7. The summed E-state index contributed by atoms with van der Waals surface area (Å²) in [6.45, 7) is 3.90. The van der Waals surface area contributed by atoms with Crippen LogP contribution in [0.15, 0.2) is 12.3 Å². The van der Waals surface area contributed by atoms with Crippen molar-refractivity contribution in [2.24, 2.45) is 11.7 Å². The quantitative estimate of drug-likeness (QED) is 0.684. The molecule has 0 spiro atoms. The molecule has 1 aromatic rings. The maximum Gasteiger partial charge on any atom is 0.228 e. The Hall–Kier alpha value is -1.36. The Morgan fingerprint density at radius 3 is 2.88 bits per heavy atom. The summed E-state index contributed by atoms with van der Waals surface area (Å²) in [6, 6.07) is 1.94. The molecule has 5 heteroatoms. The molecule has 16 heavy (non-hydrogen) atoms. The summed E-state index contributed by atoms with van der Waals surface area (Å²) in [5.41, 5.74) is 5.65. The number of hydrogen-bond donors (Lipinski definition) is 3. The molecule has 0 aliphatic carbocycles. The molecule has 0 bridgehead atoms. The third-order valence-corrected chi connectivity index (χ3v) is 2.50. The molecule has 0 saturated carbocycles. The Morgan fingerprint density at radius 1 is 1.56 bits per heavy atom. The van der Waals surface area contributed by atoms with Crippen LogP contribution in [0.2, 0.25) is 0 Å². The van der Waals surface area contributed by atoms with Gasteiger partial charge in [0.15, 0.2) is 0 Å². The van der Waals surface area contributed by atoms with Crippen molar-refractivity contribution >= 4 is 11.7 Å². The van der Waals surface area contributed by atoms with E-state index in [2.05, 4.69) is 15.5 Å². The molecule has 0 aromatic carbocycles. The van der Waals surface area contributed by atoms with Gasteiger partial charge in [0.1, 0.15) is 5.82 Å². The van der Waals surface area contributed by atoms with Gasteiger partial charge in [0.2, 0.25) is 5.91 Å². The number of anilines is 1. The van der Waals surface area contributed by atoms with Crippen molar-refractivity contribution in [1.29, 1.82) is 0 Å². The van der Waals surface area contributed by atoms with Gasteiger partial charge in [0.05, 0.1) is 6.20 Å². The lowest BCUT2D eigenvalue weighted by atomic mass is 10.0. The summed E-state index contributed by atoms with van der Waals surface area (Å²) in [6.07, 6.45) is 4.41. The molecule has 2 unspecified atom stereocenters. The molecule has 0 aliphatic rings. The van der Waals surface area contributed by atoms with E-state index in [1.54, 1.807) is 12.3 Å². The predicted octanol–water partition coefficient (Wildman–Crippen LogP) is 1.50. The number of nitrogens with one attached hydrogen (secondary N) is 2. The number of carbonyl (C=O) groups excluding carboxylic acids is 1. The Kier molecular flexibility index (Phi) is 4.98. The van der Waals surface area contributed by atoms with E-state index < -0.39 is 0 Å². The molecule has 1 aromatic heterocycles. The third-order valence-electron chi connectivity index (χ3n) is 2.50. The molecular weight excluding hydrogens is 204 g/mol. The summed E-state index contributed by atoms with van der Waals surface area (Å²) in [7, 11) is 0. The number of amides is 1. The minimum Gasteiger partial charge on any atom is -0.328 e. The number of H-pyrrole nitrogens is 1. The molecule has 1 rings (SSSR count). The average Bonchev–Trinajstić information content (AvgIpc) is 2.69. The Bertz CT molecular complexity index is 308. The standard InChI is InChI=1S/C11H20N4O/c1-8(4-3-5-9(2)12)11(16)14-10-6-7-13-15-10/h6-9H,3-5,12H2,1-2H3,(H2,13,14,15,16). The first-order valence-corrected chi connectivity index (χ1v) is 5.65. The molecule has 1 heterocycles. The number of aromatic amines is 1. The summed E-state index contributed by atoms with van der Waals surface area (Å²) in [5, 5.41) is 9.23. The summed E-state index contributed by atoms with van der Waals surface area (Å²) >= 11 is 0. The van der Waals surface area contributed by atoms with Crippen molar-refractivity contribution in [3.8, 4) is 0 Å². The van der Waals surface area contributed by atoms with Crippen LogP contribution in [-0.4, -0.2) is 22.1 Å². The van der Waals surface area contributed by atoms with E-state index in [4.69, 9.17) is 5.73 Å². The molecule has 0 saturated heterocycles. The Balaban J connectivity index is 2.25. The second-order valence-corrected chi connectivity index (χ2v) is 4.27. The van der Waals surface area contributed by atoms with Crippen molar-refractivity contribution in [2.45, 2.75) is 39.2 Å². The van der Waals surface area contributed by atoms with Crippen LogP contribution in [0.4, 0.5) is 5.82 Å². The molecule has 0 radical (unpaired) electrons. The minimum absolute atomic E-state index is 0.00190. The number of rotatable bonds is 6. The van der Waals surface area contributed by atoms with Gasteiger partial charge < -0.3 is 11.1 Å². The van der Waals surface area contributed by atoms with Crippen molar-refractivity contribution < 1.29 is 4.79 Å². The number of aromatic nitrogens is 2. The summed E-state index contributed by atoms with van der Waals surface area (Å²) in [5.74, 6) is 0.667. The van der Waals surface area contributed by atoms with E-state index in [0.717, 1.165) is 19.3 Å². The highest BCUT2D eigenvalue weighted by Gasteiger charge is 2.13. The van der Waals surface area contributed by atoms with Crippen molar-refractivity contribution in [3.05, 3.63) is 12.3 Å². The van der Waals surface area contributed by atoms with Crippen LogP contribution in [0.5, 0.6) is 0 Å². The van der Waals surface area contributed by atoms with Crippen LogP contribution in [0.3, 0.4) is 0 Å².